The molecule has 1 aromatic rings. The molecule has 1 saturated carbocycles. The van der Waals surface area contributed by atoms with Gasteiger partial charge in [0.15, 0.2) is 0 Å². The SMILES string of the molecule is CC(C)[C@@H]1CN(C(=O)Nc2cccc(C#N)c2)CCC(=O)N1CC1CC1. The van der Waals surface area contributed by atoms with Gasteiger partial charge in [0.1, 0.15) is 0 Å². The van der Waals surface area contributed by atoms with E-state index in [1.807, 2.05) is 4.90 Å². The fourth-order valence-electron chi connectivity index (χ4n) is 3.41. The molecule has 1 saturated heterocycles. The minimum atomic E-state index is -0.216. The van der Waals surface area contributed by atoms with Crippen LogP contribution in [0.3, 0.4) is 0 Å². The summed E-state index contributed by atoms with van der Waals surface area (Å²) in [5.41, 5.74) is 1.10. The number of nitrogens with one attached hydrogen (secondary N) is 1. The van der Waals surface area contributed by atoms with Gasteiger partial charge in [-0.2, -0.15) is 5.26 Å². The zero-order valence-electron chi connectivity index (χ0n) is 15.4. The molecular formula is C20H26N4O2. The Balaban J connectivity index is 1.71. The van der Waals surface area contributed by atoms with Gasteiger partial charge in [-0.25, -0.2) is 4.79 Å². The van der Waals surface area contributed by atoms with Crippen molar-refractivity contribution in [3.05, 3.63) is 29.8 Å². The Hall–Kier alpha value is -2.55. The number of carbonyl (C=O) groups excluding carboxylic acids is 2. The summed E-state index contributed by atoms with van der Waals surface area (Å²) in [4.78, 5) is 29.1. The molecule has 1 N–H and O–H groups in total. The maximum absolute atomic E-state index is 12.7. The van der Waals surface area contributed by atoms with E-state index in [1.54, 1.807) is 29.2 Å². The Bertz CT molecular complexity index is 721. The molecule has 26 heavy (non-hydrogen) atoms. The molecule has 2 fully saturated rings. The van der Waals surface area contributed by atoms with Crippen LogP contribution in [0, 0.1) is 23.2 Å². The Morgan fingerprint density at radius 1 is 1.38 bits per heavy atom. The molecule has 6 nitrogen and oxygen atoms in total. The fourth-order valence-corrected chi connectivity index (χ4v) is 3.41. The zero-order valence-corrected chi connectivity index (χ0v) is 15.4. The van der Waals surface area contributed by atoms with Crippen molar-refractivity contribution in [1.82, 2.24) is 9.80 Å². The topological polar surface area (TPSA) is 76.4 Å². The molecular weight excluding hydrogens is 328 g/mol. The molecule has 138 valence electrons. The van der Waals surface area contributed by atoms with E-state index in [0.29, 0.717) is 36.7 Å². The lowest BCUT2D eigenvalue weighted by atomic mass is 10.0. The minimum absolute atomic E-state index is 0.0433. The summed E-state index contributed by atoms with van der Waals surface area (Å²) in [7, 11) is 0. The van der Waals surface area contributed by atoms with Gasteiger partial charge in [-0.05, 0) is 42.9 Å². The molecule has 0 radical (unpaired) electrons. The van der Waals surface area contributed by atoms with E-state index >= 15 is 0 Å². The monoisotopic (exact) mass is 354 g/mol. The van der Waals surface area contributed by atoms with Gasteiger partial charge >= 0.3 is 6.03 Å². The maximum atomic E-state index is 12.7. The lowest BCUT2D eigenvalue weighted by molar-refractivity contribution is -0.133. The number of hydrogen-bond acceptors (Lipinski definition) is 3. The van der Waals surface area contributed by atoms with E-state index in [4.69, 9.17) is 5.26 Å². The molecule has 0 bridgehead atoms. The van der Waals surface area contributed by atoms with Gasteiger partial charge in [0, 0.05) is 31.7 Å². The molecule has 2 aliphatic rings. The van der Waals surface area contributed by atoms with Crippen molar-refractivity contribution in [2.24, 2.45) is 11.8 Å². The fraction of sp³-hybridized carbons (Fsp3) is 0.550. The Morgan fingerprint density at radius 2 is 2.15 bits per heavy atom. The summed E-state index contributed by atoms with van der Waals surface area (Å²) < 4.78 is 0. The molecule has 0 unspecified atom stereocenters. The number of urea groups is 1. The summed E-state index contributed by atoms with van der Waals surface area (Å²) in [5.74, 6) is 1.07. The van der Waals surface area contributed by atoms with E-state index < -0.39 is 0 Å². The van der Waals surface area contributed by atoms with Gasteiger partial charge in [0.2, 0.25) is 5.91 Å². The second-order valence-electron chi connectivity index (χ2n) is 7.62. The number of rotatable bonds is 4. The molecule has 1 aromatic carbocycles. The van der Waals surface area contributed by atoms with E-state index in [1.165, 1.54) is 12.8 Å². The number of carbonyl (C=O) groups is 2. The smallest absolute Gasteiger partial charge is 0.321 e. The van der Waals surface area contributed by atoms with Gasteiger partial charge < -0.3 is 15.1 Å². The molecule has 0 spiro atoms. The number of hydrogen-bond donors (Lipinski definition) is 1. The van der Waals surface area contributed by atoms with Crippen LogP contribution in [0.25, 0.3) is 0 Å². The highest BCUT2D eigenvalue weighted by atomic mass is 16.2. The van der Waals surface area contributed by atoms with Crippen LogP contribution >= 0.6 is 0 Å². The number of nitriles is 1. The third kappa shape index (κ3) is 4.34. The average molecular weight is 354 g/mol. The lowest BCUT2D eigenvalue weighted by Crippen LogP contribution is -2.48. The third-order valence-electron chi connectivity index (χ3n) is 5.18. The number of amides is 3. The molecule has 1 atom stereocenters. The molecule has 0 aromatic heterocycles. The van der Waals surface area contributed by atoms with Gasteiger partial charge in [0.05, 0.1) is 17.7 Å². The lowest BCUT2D eigenvalue weighted by Gasteiger charge is -2.34. The summed E-state index contributed by atoms with van der Waals surface area (Å²) in [5, 5.41) is 11.9. The Morgan fingerprint density at radius 3 is 2.81 bits per heavy atom. The standard InChI is InChI=1S/C20H26N4O2/c1-14(2)18-13-23(9-8-19(25)24(18)12-15-6-7-15)20(26)22-17-5-3-4-16(10-17)11-21/h3-5,10,14-15,18H,6-9,12-13H2,1-2H3,(H,22,26)/t18-/m0/s1. The molecule has 1 heterocycles. The van der Waals surface area contributed by atoms with Crippen molar-refractivity contribution in [2.45, 2.75) is 39.2 Å². The first-order valence-corrected chi connectivity index (χ1v) is 9.33. The van der Waals surface area contributed by atoms with Crippen molar-refractivity contribution in [3.63, 3.8) is 0 Å². The molecule has 6 heteroatoms. The zero-order chi connectivity index (χ0) is 18.7. The first kappa shape index (κ1) is 18.2. The van der Waals surface area contributed by atoms with Crippen LogP contribution in [0.2, 0.25) is 0 Å². The van der Waals surface area contributed by atoms with Crippen molar-refractivity contribution in [3.8, 4) is 6.07 Å². The van der Waals surface area contributed by atoms with Crippen LogP contribution in [-0.4, -0.2) is 47.4 Å². The van der Waals surface area contributed by atoms with Crippen LogP contribution in [0.15, 0.2) is 24.3 Å². The largest absolute Gasteiger partial charge is 0.337 e. The molecule has 3 rings (SSSR count). The van der Waals surface area contributed by atoms with E-state index in [-0.39, 0.29) is 23.9 Å². The second kappa shape index (κ2) is 7.77. The third-order valence-corrected chi connectivity index (χ3v) is 5.18. The predicted molar refractivity (Wildman–Crippen MR) is 99.4 cm³/mol. The summed E-state index contributed by atoms with van der Waals surface area (Å²) in [6.45, 7) is 6.00. The number of benzene rings is 1. The first-order valence-electron chi connectivity index (χ1n) is 9.33. The molecule has 1 aliphatic carbocycles. The van der Waals surface area contributed by atoms with Gasteiger partial charge in [-0.3, -0.25) is 4.79 Å². The molecule has 3 amide bonds. The quantitative estimate of drug-likeness (QED) is 0.903. The van der Waals surface area contributed by atoms with Crippen molar-refractivity contribution in [2.75, 3.05) is 25.0 Å². The summed E-state index contributed by atoms with van der Waals surface area (Å²) >= 11 is 0. The maximum Gasteiger partial charge on any atom is 0.321 e. The van der Waals surface area contributed by atoms with E-state index in [2.05, 4.69) is 25.2 Å². The van der Waals surface area contributed by atoms with Crippen LogP contribution in [0.1, 0.15) is 38.7 Å². The van der Waals surface area contributed by atoms with Gasteiger partial charge in [-0.15, -0.1) is 0 Å². The predicted octanol–water partition coefficient (Wildman–Crippen LogP) is 3.06. The minimum Gasteiger partial charge on any atom is -0.337 e. The van der Waals surface area contributed by atoms with Crippen molar-refractivity contribution in [1.29, 1.82) is 5.26 Å². The highest BCUT2D eigenvalue weighted by Crippen LogP contribution is 2.32. The van der Waals surface area contributed by atoms with Crippen molar-refractivity contribution >= 4 is 17.6 Å². The van der Waals surface area contributed by atoms with Crippen LogP contribution in [0.5, 0.6) is 0 Å². The average Bonchev–Trinajstić information content (AvgIpc) is 3.44. The highest BCUT2D eigenvalue weighted by Gasteiger charge is 2.36. The van der Waals surface area contributed by atoms with Crippen LogP contribution in [0.4, 0.5) is 10.5 Å². The highest BCUT2D eigenvalue weighted by molar-refractivity contribution is 5.90. The Labute approximate surface area is 154 Å². The van der Waals surface area contributed by atoms with Crippen LogP contribution < -0.4 is 5.32 Å². The van der Waals surface area contributed by atoms with Crippen molar-refractivity contribution < 1.29 is 9.59 Å². The number of nitrogens with zero attached hydrogens (tertiary/aromatic N) is 3. The summed E-state index contributed by atoms with van der Waals surface area (Å²) in [6.07, 6.45) is 2.77. The molecule has 1 aliphatic heterocycles. The first-order chi connectivity index (χ1) is 12.5. The second-order valence-corrected chi connectivity index (χ2v) is 7.62. The Kier molecular flexibility index (Phi) is 5.46. The summed E-state index contributed by atoms with van der Waals surface area (Å²) in [6, 6.07) is 8.76. The van der Waals surface area contributed by atoms with Gasteiger partial charge in [-0.1, -0.05) is 19.9 Å². The normalized spacial score (nSPS) is 20.7. The van der Waals surface area contributed by atoms with E-state index in [0.717, 1.165) is 6.54 Å². The number of anilines is 1. The van der Waals surface area contributed by atoms with Gasteiger partial charge in [0.25, 0.3) is 0 Å². The van der Waals surface area contributed by atoms with E-state index in [9.17, 15) is 9.59 Å². The van der Waals surface area contributed by atoms with Crippen LogP contribution in [-0.2, 0) is 4.79 Å².